The van der Waals surface area contributed by atoms with Crippen LogP contribution in [0.2, 0.25) is 0 Å². The molecule has 0 radical (unpaired) electrons. The zero-order valence-corrected chi connectivity index (χ0v) is 11.1. The van der Waals surface area contributed by atoms with E-state index in [4.69, 9.17) is 5.73 Å². The highest BCUT2D eigenvalue weighted by Crippen LogP contribution is 2.21. The summed E-state index contributed by atoms with van der Waals surface area (Å²) in [6.07, 6.45) is 1.06. The van der Waals surface area contributed by atoms with Crippen molar-refractivity contribution in [3.8, 4) is 0 Å². The Morgan fingerprint density at radius 3 is 2.21 bits per heavy atom. The van der Waals surface area contributed by atoms with E-state index in [1.165, 1.54) is 18.2 Å². The monoisotopic (exact) mass is 275 g/mol. The zero-order valence-electron chi connectivity index (χ0n) is 10.3. The Balaban J connectivity index is 2.51. The van der Waals surface area contributed by atoms with E-state index in [1.807, 2.05) is 6.07 Å². The quantitative estimate of drug-likeness (QED) is 0.685. The van der Waals surface area contributed by atoms with Crippen molar-refractivity contribution in [1.29, 1.82) is 0 Å². The van der Waals surface area contributed by atoms with Crippen LogP contribution in [0.5, 0.6) is 0 Å². The van der Waals surface area contributed by atoms with Crippen molar-refractivity contribution in [2.24, 2.45) is 0 Å². The molecule has 0 fully saturated rings. The molecule has 0 spiro atoms. The maximum Gasteiger partial charge on any atom is 0.193 e. The lowest BCUT2D eigenvalue weighted by atomic mass is 10.0. The van der Waals surface area contributed by atoms with Gasteiger partial charge in [-0.05, 0) is 18.2 Å². The van der Waals surface area contributed by atoms with Crippen molar-refractivity contribution in [1.82, 2.24) is 0 Å². The third kappa shape index (κ3) is 2.82. The van der Waals surface area contributed by atoms with Crippen LogP contribution >= 0.6 is 0 Å². The predicted octanol–water partition coefficient (Wildman–Crippen LogP) is 1.90. The summed E-state index contributed by atoms with van der Waals surface area (Å²) >= 11 is 0. The Morgan fingerprint density at radius 2 is 1.63 bits per heavy atom. The molecule has 2 aromatic rings. The molecule has 98 valence electrons. The SMILES string of the molecule is CS(=O)(=O)c1cc(C(=O)c2ccccc2)ccc1N. The Hall–Kier alpha value is -2.14. The Labute approximate surface area is 111 Å². The topological polar surface area (TPSA) is 77.2 Å². The highest BCUT2D eigenvalue weighted by Gasteiger charge is 2.16. The molecule has 0 atom stereocenters. The van der Waals surface area contributed by atoms with Crippen molar-refractivity contribution in [2.75, 3.05) is 12.0 Å². The van der Waals surface area contributed by atoms with Crippen LogP contribution in [0.3, 0.4) is 0 Å². The summed E-state index contributed by atoms with van der Waals surface area (Å²) in [4.78, 5) is 12.2. The fourth-order valence-electron chi connectivity index (χ4n) is 1.75. The first-order valence-electron chi connectivity index (χ1n) is 5.59. The summed E-state index contributed by atoms with van der Waals surface area (Å²) in [5.74, 6) is -0.231. The average molecular weight is 275 g/mol. The summed E-state index contributed by atoms with van der Waals surface area (Å²) in [5.41, 5.74) is 6.58. The fraction of sp³-hybridized carbons (Fsp3) is 0.0714. The molecule has 0 aliphatic heterocycles. The van der Waals surface area contributed by atoms with Crippen molar-refractivity contribution >= 4 is 21.3 Å². The van der Waals surface area contributed by atoms with E-state index in [2.05, 4.69) is 0 Å². The van der Waals surface area contributed by atoms with E-state index in [1.54, 1.807) is 24.3 Å². The van der Waals surface area contributed by atoms with Gasteiger partial charge in [0.25, 0.3) is 0 Å². The molecular weight excluding hydrogens is 262 g/mol. The molecule has 0 heterocycles. The molecule has 19 heavy (non-hydrogen) atoms. The zero-order chi connectivity index (χ0) is 14.0. The Kier molecular flexibility index (Phi) is 3.40. The van der Waals surface area contributed by atoms with Gasteiger partial charge >= 0.3 is 0 Å². The molecule has 0 unspecified atom stereocenters. The normalized spacial score (nSPS) is 11.2. The van der Waals surface area contributed by atoms with Crippen LogP contribution in [0.1, 0.15) is 15.9 Å². The van der Waals surface area contributed by atoms with Crippen LogP contribution in [0, 0.1) is 0 Å². The van der Waals surface area contributed by atoms with E-state index in [9.17, 15) is 13.2 Å². The van der Waals surface area contributed by atoms with E-state index >= 15 is 0 Å². The molecule has 5 heteroatoms. The van der Waals surface area contributed by atoms with E-state index in [0.29, 0.717) is 11.1 Å². The molecule has 2 N–H and O–H groups in total. The number of hydrogen-bond acceptors (Lipinski definition) is 4. The first-order chi connectivity index (χ1) is 8.89. The van der Waals surface area contributed by atoms with Gasteiger partial charge in [-0.2, -0.15) is 0 Å². The highest BCUT2D eigenvalue weighted by atomic mass is 32.2. The first kappa shape index (κ1) is 13.3. The van der Waals surface area contributed by atoms with Crippen LogP contribution < -0.4 is 5.73 Å². The summed E-state index contributed by atoms with van der Waals surface area (Å²) in [5, 5.41) is 0. The van der Waals surface area contributed by atoms with E-state index in [-0.39, 0.29) is 16.4 Å². The van der Waals surface area contributed by atoms with Crippen LogP contribution in [0.25, 0.3) is 0 Å². The predicted molar refractivity (Wildman–Crippen MR) is 73.8 cm³/mol. The molecule has 0 saturated carbocycles. The number of benzene rings is 2. The van der Waals surface area contributed by atoms with Gasteiger partial charge in [-0.25, -0.2) is 8.42 Å². The number of nitrogens with two attached hydrogens (primary N) is 1. The largest absolute Gasteiger partial charge is 0.398 e. The van der Waals surface area contributed by atoms with Crippen LogP contribution in [0.15, 0.2) is 53.4 Å². The lowest BCUT2D eigenvalue weighted by molar-refractivity contribution is 0.103. The van der Waals surface area contributed by atoms with Gasteiger partial charge in [0.05, 0.1) is 10.6 Å². The number of sulfone groups is 1. The van der Waals surface area contributed by atoms with Crippen molar-refractivity contribution < 1.29 is 13.2 Å². The number of nitrogen functional groups attached to an aromatic ring is 1. The van der Waals surface area contributed by atoms with Gasteiger partial charge in [-0.1, -0.05) is 30.3 Å². The number of carbonyl (C=O) groups is 1. The van der Waals surface area contributed by atoms with Crippen molar-refractivity contribution in [2.45, 2.75) is 4.90 Å². The van der Waals surface area contributed by atoms with E-state index in [0.717, 1.165) is 6.26 Å². The van der Waals surface area contributed by atoms with Crippen LogP contribution in [-0.4, -0.2) is 20.5 Å². The van der Waals surface area contributed by atoms with Gasteiger partial charge in [-0.15, -0.1) is 0 Å². The summed E-state index contributed by atoms with van der Waals surface area (Å²) in [6.45, 7) is 0. The lowest BCUT2D eigenvalue weighted by Crippen LogP contribution is -2.07. The smallest absolute Gasteiger partial charge is 0.193 e. The minimum atomic E-state index is -3.45. The molecule has 2 aromatic carbocycles. The fourth-order valence-corrected chi connectivity index (χ4v) is 2.59. The maximum absolute atomic E-state index is 12.2. The standard InChI is InChI=1S/C14H13NO3S/c1-19(17,18)13-9-11(7-8-12(13)15)14(16)10-5-3-2-4-6-10/h2-9H,15H2,1H3. The molecule has 0 bridgehead atoms. The molecule has 4 nitrogen and oxygen atoms in total. The molecule has 0 amide bonds. The maximum atomic E-state index is 12.2. The Morgan fingerprint density at radius 1 is 1.00 bits per heavy atom. The molecule has 0 aliphatic carbocycles. The van der Waals surface area contributed by atoms with Gasteiger partial charge in [0, 0.05) is 17.4 Å². The van der Waals surface area contributed by atoms with E-state index < -0.39 is 9.84 Å². The number of hydrogen-bond donors (Lipinski definition) is 1. The number of carbonyl (C=O) groups excluding carboxylic acids is 1. The van der Waals surface area contributed by atoms with Crippen LogP contribution in [-0.2, 0) is 9.84 Å². The molecule has 0 saturated heterocycles. The molecule has 0 aromatic heterocycles. The third-order valence-corrected chi connectivity index (χ3v) is 3.86. The van der Waals surface area contributed by atoms with Gasteiger partial charge < -0.3 is 5.73 Å². The van der Waals surface area contributed by atoms with Crippen LogP contribution in [0.4, 0.5) is 5.69 Å². The first-order valence-corrected chi connectivity index (χ1v) is 7.48. The van der Waals surface area contributed by atoms with Gasteiger partial charge in [-0.3, -0.25) is 4.79 Å². The van der Waals surface area contributed by atoms with Crippen molar-refractivity contribution in [3.63, 3.8) is 0 Å². The van der Waals surface area contributed by atoms with Gasteiger partial charge in [0.2, 0.25) is 0 Å². The molecule has 2 rings (SSSR count). The number of ketones is 1. The van der Waals surface area contributed by atoms with Gasteiger partial charge in [0.1, 0.15) is 0 Å². The second kappa shape index (κ2) is 4.85. The molecule has 0 aliphatic rings. The second-order valence-electron chi connectivity index (χ2n) is 4.22. The summed E-state index contributed by atoms with van der Waals surface area (Å²) in [6, 6.07) is 13.0. The average Bonchev–Trinajstić information content (AvgIpc) is 2.38. The van der Waals surface area contributed by atoms with Gasteiger partial charge in [0.15, 0.2) is 15.6 Å². The van der Waals surface area contributed by atoms with Crippen molar-refractivity contribution in [3.05, 3.63) is 59.7 Å². The minimum absolute atomic E-state index is 0.0192. The minimum Gasteiger partial charge on any atom is -0.398 e. The Bertz CT molecular complexity index is 722. The second-order valence-corrected chi connectivity index (χ2v) is 6.20. The highest BCUT2D eigenvalue weighted by molar-refractivity contribution is 7.90. The lowest BCUT2D eigenvalue weighted by Gasteiger charge is -2.06. The molecular formula is C14H13NO3S. The number of rotatable bonds is 3. The summed E-state index contributed by atoms with van der Waals surface area (Å²) in [7, 11) is -3.45. The third-order valence-electron chi connectivity index (χ3n) is 2.71. The summed E-state index contributed by atoms with van der Waals surface area (Å²) < 4.78 is 23.1. The number of anilines is 1.